The van der Waals surface area contributed by atoms with E-state index in [4.69, 9.17) is 9.72 Å². The Morgan fingerprint density at radius 3 is 2.44 bits per heavy atom. The van der Waals surface area contributed by atoms with Crippen molar-refractivity contribution >= 4 is 28.9 Å². The lowest BCUT2D eigenvalue weighted by molar-refractivity contribution is 0.416. The quantitative estimate of drug-likeness (QED) is 0.333. The van der Waals surface area contributed by atoms with Gasteiger partial charge in [-0.2, -0.15) is 0 Å². The Morgan fingerprint density at radius 1 is 0.969 bits per heavy atom. The van der Waals surface area contributed by atoms with Crippen LogP contribution in [0.4, 0.5) is 0 Å². The summed E-state index contributed by atoms with van der Waals surface area (Å²) >= 11 is 1.42. The van der Waals surface area contributed by atoms with Gasteiger partial charge in [0.05, 0.1) is 12.7 Å². The van der Waals surface area contributed by atoms with Gasteiger partial charge in [0.15, 0.2) is 11.5 Å². The Balaban J connectivity index is 1.84. The summed E-state index contributed by atoms with van der Waals surface area (Å²) in [6.45, 7) is 0. The minimum Gasteiger partial charge on any atom is -0.496 e. The van der Waals surface area contributed by atoms with E-state index in [9.17, 15) is 9.59 Å². The lowest BCUT2D eigenvalue weighted by atomic mass is 10.2. The highest BCUT2D eigenvalue weighted by molar-refractivity contribution is 7.99. The smallest absolute Gasteiger partial charge is 0.332 e. The third-order valence-corrected chi connectivity index (χ3v) is 5.97. The molecule has 4 rings (SSSR count). The number of rotatable bonds is 6. The number of fused-ring (bicyclic) bond motifs is 1. The highest BCUT2D eigenvalue weighted by atomic mass is 32.2. The minimum absolute atomic E-state index is 0.295. The minimum atomic E-state index is -0.438. The molecule has 162 valence electrons. The van der Waals surface area contributed by atoms with E-state index in [0.29, 0.717) is 38.9 Å². The van der Waals surface area contributed by atoms with Crippen LogP contribution >= 0.6 is 11.8 Å². The zero-order chi connectivity index (χ0) is 22.7. The van der Waals surface area contributed by atoms with Crippen LogP contribution in [0.1, 0.15) is 5.56 Å². The highest BCUT2D eigenvalue weighted by Gasteiger charge is 2.19. The van der Waals surface area contributed by atoms with E-state index in [1.54, 1.807) is 14.2 Å². The lowest BCUT2D eigenvalue weighted by Crippen LogP contribution is -2.37. The van der Waals surface area contributed by atoms with Crippen molar-refractivity contribution in [3.05, 3.63) is 87.1 Å². The van der Waals surface area contributed by atoms with Crippen molar-refractivity contribution in [1.29, 1.82) is 0 Å². The van der Waals surface area contributed by atoms with E-state index in [1.807, 2.05) is 66.7 Å². The van der Waals surface area contributed by atoms with Gasteiger partial charge >= 0.3 is 5.69 Å². The van der Waals surface area contributed by atoms with Crippen LogP contribution in [0.15, 0.2) is 75.3 Å². The molecule has 2 heterocycles. The van der Waals surface area contributed by atoms with Crippen LogP contribution in [0.3, 0.4) is 0 Å². The molecule has 0 spiro atoms. The van der Waals surface area contributed by atoms with Crippen LogP contribution in [0.5, 0.6) is 5.75 Å². The third-order valence-electron chi connectivity index (χ3n) is 5.04. The first-order chi connectivity index (χ1) is 15.5. The maximum Gasteiger partial charge on any atom is 0.332 e. The average molecular weight is 447 g/mol. The molecule has 0 aliphatic heterocycles. The molecule has 0 fully saturated rings. The first-order valence-electron chi connectivity index (χ1n) is 9.96. The van der Waals surface area contributed by atoms with Crippen LogP contribution < -0.4 is 16.0 Å². The van der Waals surface area contributed by atoms with Crippen molar-refractivity contribution in [3.8, 4) is 17.1 Å². The molecule has 0 saturated carbocycles. The summed E-state index contributed by atoms with van der Waals surface area (Å²) in [5.41, 5.74) is 1.22. The van der Waals surface area contributed by atoms with Crippen LogP contribution in [0, 0.1) is 0 Å². The maximum atomic E-state index is 13.0. The van der Waals surface area contributed by atoms with Crippen molar-refractivity contribution in [1.82, 2.24) is 19.1 Å². The average Bonchev–Trinajstić information content (AvgIpc) is 2.84. The fourth-order valence-corrected chi connectivity index (χ4v) is 4.18. The number of aromatic nitrogens is 4. The monoisotopic (exact) mass is 446 g/mol. The van der Waals surface area contributed by atoms with Gasteiger partial charge in [0, 0.05) is 19.8 Å². The molecular weight excluding hydrogens is 424 g/mol. The topological polar surface area (TPSA) is 79.0 Å². The molecule has 0 aliphatic carbocycles. The van der Waals surface area contributed by atoms with Crippen LogP contribution in [0.2, 0.25) is 0 Å². The second-order valence-electron chi connectivity index (χ2n) is 7.08. The van der Waals surface area contributed by atoms with Gasteiger partial charge in [0.25, 0.3) is 5.56 Å². The summed E-state index contributed by atoms with van der Waals surface area (Å²) in [6, 6.07) is 17.4. The van der Waals surface area contributed by atoms with Gasteiger partial charge < -0.3 is 4.74 Å². The van der Waals surface area contributed by atoms with Crippen molar-refractivity contribution in [2.24, 2.45) is 14.1 Å². The van der Waals surface area contributed by atoms with E-state index < -0.39 is 11.2 Å². The molecule has 8 heteroatoms. The molecule has 0 atom stereocenters. The molecule has 0 aliphatic rings. The Hall–Kier alpha value is -3.65. The normalized spacial score (nSPS) is 11.3. The summed E-state index contributed by atoms with van der Waals surface area (Å²) in [5, 5.41) is 0.844. The number of para-hydroxylation sites is 1. The summed E-state index contributed by atoms with van der Waals surface area (Å²) in [7, 11) is 4.64. The van der Waals surface area contributed by atoms with Gasteiger partial charge in [0.1, 0.15) is 16.2 Å². The Labute approximate surface area is 189 Å². The second kappa shape index (κ2) is 9.23. The molecule has 32 heavy (non-hydrogen) atoms. The number of thioether (sulfide) groups is 1. The number of benzene rings is 2. The molecule has 0 amide bonds. The molecule has 0 radical (unpaired) electrons. The molecule has 4 aromatic rings. The highest BCUT2D eigenvalue weighted by Crippen LogP contribution is 2.31. The molecule has 0 bridgehead atoms. The molecule has 7 nitrogen and oxygen atoms in total. The Morgan fingerprint density at radius 2 is 1.69 bits per heavy atom. The van der Waals surface area contributed by atoms with Crippen LogP contribution in [0.25, 0.3) is 28.5 Å². The van der Waals surface area contributed by atoms with E-state index in [2.05, 4.69) is 4.98 Å². The van der Waals surface area contributed by atoms with E-state index >= 15 is 0 Å². The van der Waals surface area contributed by atoms with Gasteiger partial charge in [-0.1, -0.05) is 54.6 Å². The first kappa shape index (κ1) is 21.6. The predicted molar refractivity (Wildman–Crippen MR) is 128 cm³/mol. The zero-order valence-electron chi connectivity index (χ0n) is 18.0. The maximum absolute atomic E-state index is 13.0. The molecular formula is C24H22N4O3S. The second-order valence-corrected chi connectivity index (χ2v) is 8.09. The zero-order valence-corrected chi connectivity index (χ0v) is 18.8. The van der Waals surface area contributed by atoms with E-state index in [-0.39, 0.29) is 0 Å². The summed E-state index contributed by atoms with van der Waals surface area (Å²) in [5.74, 6) is 1.60. The standard InChI is InChI=1S/C24H22N4O3S/c1-27-21-19(23(29)28(2)24(27)30)22(32-15-9-12-16-10-5-4-6-11-16)26-20(25-21)17-13-7-8-14-18(17)31-3/h4-14H,15H2,1-3H3/b12-9+. The fraction of sp³-hybridized carbons (Fsp3) is 0.167. The molecule has 2 aromatic heterocycles. The molecule has 2 aromatic carbocycles. The van der Waals surface area contributed by atoms with Crippen molar-refractivity contribution in [3.63, 3.8) is 0 Å². The van der Waals surface area contributed by atoms with Gasteiger partial charge in [-0.3, -0.25) is 13.9 Å². The van der Waals surface area contributed by atoms with Gasteiger partial charge in [-0.05, 0) is 17.7 Å². The van der Waals surface area contributed by atoms with Crippen molar-refractivity contribution < 1.29 is 4.74 Å². The summed E-state index contributed by atoms with van der Waals surface area (Å²) in [4.78, 5) is 34.8. The fourth-order valence-electron chi connectivity index (χ4n) is 3.36. The number of hydrogen-bond acceptors (Lipinski definition) is 6. The first-order valence-corrected chi connectivity index (χ1v) is 11.0. The van der Waals surface area contributed by atoms with Crippen molar-refractivity contribution in [2.45, 2.75) is 5.03 Å². The molecule has 0 unspecified atom stereocenters. The van der Waals surface area contributed by atoms with Gasteiger partial charge in [0.2, 0.25) is 0 Å². The molecule has 0 N–H and O–H groups in total. The summed E-state index contributed by atoms with van der Waals surface area (Å²) < 4.78 is 7.92. The van der Waals surface area contributed by atoms with Gasteiger partial charge in [-0.25, -0.2) is 14.8 Å². The number of methoxy groups -OCH3 is 1. The predicted octanol–water partition coefficient (Wildman–Crippen LogP) is 3.51. The number of nitrogens with zero attached hydrogens (tertiary/aromatic N) is 4. The number of hydrogen-bond donors (Lipinski definition) is 0. The van der Waals surface area contributed by atoms with E-state index in [0.717, 1.165) is 10.1 Å². The van der Waals surface area contributed by atoms with E-state index in [1.165, 1.54) is 23.4 Å². The largest absolute Gasteiger partial charge is 0.496 e. The van der Waals surface area contributed by atoms with Crippen molar-refractivity contribution in [2.75, 3.05) is 12.9 Å². The number of aryl methyl sites for hydroxylation is 1. The Kier molecular flexibility index (Phi) is 6.23. The molecule has 0 saturated heterocycles. The van der Waals surface area contributed by atoms with Crippen LogP contribution in [-0.4, -0.2) is 32.0 Å². The summed E-state index contributed by atoms with van der Waals surface area (Å²) in [6.07, 6.45) is 4.04. The number of ether oxygens (including phenoxy) is 1. The van der Waals surface area contributed by atoms with Crippen LogP contribution in [-0.2, 0) is 14.1 Å². The SMILES string of the molecule is COc1ccccc1-c1nc(SC/C=C/c2ccccc2)c2c(=O)n(C)c(=O)n(C)c2n1. The lowest BCUT2D eigenvalue weighted by Gasteiger charge is -2.13. The van der Waals surface area contributed by atoms with Gasteiger partial charge in [-0.15, -0.1) is 11.8 Å². The third kappa shape index (κ3) is 4.09. The Bertz CT molecular complexity index is 1430.